The smallest absolute Gasteiger partial charge is 0.387 e. The van der Waals surface area contributed by atoms with Crippen molar-refractivity contribution in [3.63, 3.8) is 0 Å². The molecular formula is C41H82N2O6P+. The van der Waals surface area contributed by atoms with Crippen LogP contribution in [0.2, 0.25) is 0 Å². The number of hydrogen-bond acceptors (Lipinski definition) is 5. The van der Waals surface area contributed by atoms with Crippen molar-refractivity contribution in [3.05, 3.63) is 24.3 Å². The normalized spacial score (nSPS) is 14.8. The lowest BCUT2D eigenvalue weighted by molar-refractivity contribution is -0.870. The van der Waals surface area contributed by atoms with E-state index in [1.165, 1.54) is 109 Å². The van der Waals surface area contributed by atoms with E-state index in [9.17, 15) is 19.4 Å². The number of aliphatic hydroxyl groups excluding tert-OH is 1. The second-order valence-electron chi connectivity index (χ2n) is 15.4. The van der Waals surface area contributed by atoms with Gasteiger partial charge in [-0.15, -0.1) is 0 Å². The first-order valence-corrected chi connectivity index (χ1v) is 22.2. The SMILES string of the molecule is CCCCCCCCCC/C=C/C(O)C(COP(=O)(O)OCC[N+](C)(C)C)NC(=O)CCCCCCC/C=C\CCCCCCCCCCC. The minimum Gasteiger partial charge on any atom is -0.387 e. The summed E-state index contributed by atoms with van der Waals surface area (Å²) in [5.41, 5.74) is 0. The number of quaternary nitrogens is 1. The lowest BCUT2D eigenvalue weighted by Gasteiger charge is -2.25. The van der Waals surface area contributed by atoms with Crippen LogP contribution in [-0.4, -0.2) is 73.4 Å². The van der Waals surface area contributed by atoms with Gasteiger partial charge < -0.3 is 19.8 Å². The summed E-state index contributed by atoms with van der Waals surface area (Å²) >= 11 is 0. The van der Waals surface area contributed by atoms with E-state index in [2.05, 4.69) is 31.3 Å². The van der Waals surface area contributed by atoms with Gasteiger partial charge in [-0.2, -0.15) is 0 Å². The Labute approximate surface area is 309 Å². The highest BCUT2D eigenvalue weighted by Gasteiger charge is 2.27. The number of rotatable bonds is 37. The Balaban J connectivity index is 4.40. The van der Waals surface area contributed by atoms with E-state index in [0.29, 0.717) is 17.4 Å². The standard InChI is InChI=1S/C41H81N2O6P/c1-6-8-10-12-14-16-18-19-20-21-22-23-24-25-27-29-31-33-35-41(45)42-39(38-49-50(46,47)48-37-36-43(3,4)5)40(44)34-32-30-28-26-17-15-13-11-9-7-2/h22-23,32,34,39-40,44H,6-21,24-31,33,35-38H2,1-5H3,(H-,42,45,46,47)/p+1/b23-22-,34-32+. The Morgan fingerprint density at radius 2 is 1.08 bits per heavy atom. The van der Waals surface area contributed by atoms with Crippen molar-refractivity contribution < 1.29 is 32.9 Å². The third-order valence-corrected chi connectivity index (χ3v) is 10.1. The molecule has 0 heterocycles. The highest BCUT2D eigenvalue weighted by atomic mass is 31.2. The molecule has 9 heteroatoms. The predicted molar refractivity (Wildman–Crippen MR) is 212 cm³/mol. The zero-order valence-electron chi connectivity index (χ0n) is 33.4. The zero-order valence-corrected chi connectivity index (χ0v) is 34.3. The molecule has 0 aromatic heterocycles. The van der Waals surface area contributed by atoms with Crippen molar-refractivity contribution in [1.29, 1.82) is 0 Å². The molecule has 50 heavy (non-hydrogen) atoms. The number of carbonyl (C=O) groups is 1. The first kappa shape index (κ1) is 49.0. The molecular weight excluding hydrogens is 647 g/mol. The van der Waals surface area contributed by atoms with Gasteiger partial charge in [-0.3, -0.25) is 13.8 Å². The molecule has 0 saturated carbocycles. The van der Waals surface area contributed by atoms with Gasteiger partial charge in [0.1, 0.15) is 13.2 Å². The number of phosphoric acid groups is 1. The van der Waals surface area contributed by atoms with E-state index < -0.39 is 20.0 Å². The summed E-state index contributed by atoms with van der Waals surface area (Å²) in [6.45, 7) is 4.78. The van der Waals surface area contributed by atoms with Crippen molar-refractivity contribution in [2.75, 3.05) is 40.9 Å². The summed E-state index contributed by atoms with van der Waals surface area (Å²) in [5.74, 6) is -0.188. The fourth-order valence-electron chi connectivity index (χ4n) is 5.80. The minimum atomic E-state index is -4.33. The molecule has 0 radical (unpaired) electrons. The molecule has 3 unspecified atom stereocenters. The van der Waals surface area contributed by atoms with E-state index in [-0.39, 0.29) is 19.1 Å². The predicted octanol–water partition coefficient (Wildman–Crippen LogP) is 11.0. The Morgan fingerprint density at radius 3 is 1.54 bits per heavy atom. The zero-order chi connectivity index (χ0) is 37.2. The lowest BCUT2D eigenvalue weighted by atomic mass is 10.1. The number of unbranched alkanes of at least 4 members (excludes halogenated alkanes) is 22. The van der Waals surface area contributed by atoms with Gasteiger partial charge in [0.15, 0.2) is 0 Å². The molecule has 296 valence electrons. The lowest BCUT2D eigenvalue weighted by Crippen LogP contribution is -2.45. The third-order valence-electron chi connectivity index (χ3n) is 9.17. The molecule has 1 amide bonds. The molecule has 3 atom stereocenters. The van der Waals surface area contributed by atoms with Crippen LogP contribution in [0, 0.1) is 0 Å². The van der Waals surface area contributed by atoms with Gasteiger partial charge >= 0.3 is 7.82 Å². The third kappa shape index (κ3) is 35.4. The maximum atomic E-state index is 12.8. The van der Waals surface area contributed by atoms with Gasteiger partial charge in [-0.1, -0.05) is 154 Å². The number of phosphoric ester groups is 1. The number of aliphatic hydroxyl groups is 1. The van der Waals surface area contributed by atoms with Crippen LogP contribution in [0.1, 0.15) is 181 Å². The van der Waals surface area contributed by atoms with Gasteiger partial charge in [0, 0.05) is 6.42 Å². The van der Waals surface area contributed by atoms with E-state index in [1.54, 1.807) is 6.08 Å². The van der Waals surface area contributed by atoms with Crippen LogP contribution in [0.3, 0.4) is 0 Å². The second-order valence-corrected chi connectivity index (χ2v) is 16.8. The average molecular weight is 730 g/mol. The van der Waals surface area contributed by atoms with Crippen molar-refractivity contribution in [3.8, 4) is 0 Å². The van der Waals surface area contributed by atoms with Crippen molar-refractivity contribution in [2.45, 2.75) is 193 Å². The first-order valence-electron chi connectivity index (χ1n) is 20.7. The molecule has 0 rings (SSSR count). The van der Waals surface area contributed by atoms with Crippen LogP contribution in [-0.2, 0) is 18.4 Å². The van der Waals surface area contributed by atoms with E-state index >= 15 is 0 Å². The van der Waals surface area contributed by atoms with Gasteiger partial charge in [-0.25, -0.2) is 4.57 Å². The molecule has 0 spiro atoms. The molecule has 0 fully saturated rings. The van der Waals surface area contributed by atoms with Crippen LogP contribution in [0.15, 0.2) is 24.3 Å². The molecule has 8 nitrogen and oxygen atoms in total. The Bertz CT molecular complexity index is 876. The van der Waals surface area contributed by atoms with Gasteiger partial charge in [0.2, 0.25) is 5.91 Å². The molecule has 0 aliphatic carbocycles. The number of allylic oxidation sites excluding steroid dienone is 3. The average Bonchev–Trinajstić information content (AvgIpc) is 3.06. The summed E-state index contributed by atoms with van der Waals surface area (Å²) < 4.78 is 23.4. The summed E-state index contributed by atoms with van der Waals surface area (Å²) in [4.78, 5) is 23.0. The highest BCUT2D eigenvalue weighted by Crippen LogP contribution is 2.43. The minimum absolute atomic E-state index is 0.0605. The van der Waals surface area contributed by atoms with Crippen LogP contribution < -0.4 is 5.32 Å². The summed E-state index contributed by atoms with van der Waals surface area (Å²) in [6, 6.07) is -0.845. The van der Waals surface area contributed by atoms with Gasteiger partial charge in [0.25, 0.3) is 0 Å². The van der Waals surface area contributed by atoms with Crippen LogP contribution in [0.4, 0.5) is 0 Å². The Kier molecular flexibility index (Phi) is 33.1. The second kappa shape index (κ2) is 33.8. The van der Waals surface area contributed by atoms with Crippen molar-refractivity contribution in [2.24, 2.45) is 0 Å². The van der Waals surface area contributed by atoms with E-state index in [0.717, 1.165) is 51.4 Å². The highest BCUT2D eigenvalue weighted by molar-refractivity contribution is 7.47. The molecule has 0 aliphatic heterocycles. The summed E-state index contributed by atoms with van der Waals surface area (Å²) in [7, 11) is 1.57. The monoisotopic (exact) mass is 730 g/mol. The van der Waals surface area contributed by atoms with Crippen LogP contribution >= 0.6 is 7.82 Å². The first-order chi connectivity index (χ1) is 24.0. The topological polar surface area (TPSA) is 105 Å². The quantitative estimate of drug-likeness (QED) is 0.0254. The summed E-state index contributed by atoms with van der Waals surface area (Å²) in [5, 5.41) is 13.7. The van der Waals surface area contributed by atoms with E-state index in [4.69, 9.17) is 9.05 Å². The number of carbonyl (C=O) groups excluding carboxylic acids is 1. The number of likely N-dealkylation sites (N-methyl/N-ethyl adjacent to an activating group) is 1. The fraction of sp³-hybridized carbons (Fsp3) is 0.878. The van der Waals surface area contributed by atoms with E-state index in [1.807, 2.05) is 27.2 Å². The molecule has 0 aliphatic rings. The molecule has 0 aromatic carbocycles. The van der Waals surface area contributed by atoms with Crippen molar-refractivity contribution >= 4 is 13.7 Å². The van der Waals surface area contributed by atoms with Crippen molar-refractivity contribution in [1.82, 2.24) is 5.32 Å². The molecule has 0 aromatic rings. The van der Waals surface area contributed by atoms with Crippen LogP contribution in [0.5, 0.6) is 0 Å². The number of nitrogens with one attached hydrogen (secondary N) is 1. The molecule has 0 bridgehead atoms. The maximum absolute atomic E-state index is 12.8. The largest absolute Gasteiger partial charge is 0.472 e. The summed E-state index contributed by atoms with van der Waals surface area (Å²) in [6.07, 6.45) is 38.1. The number of amides is 1. The van der Waals surface area contributed by atoms with Crippen LogP contribution in [0.25, 0.3) is 0 Å². The fourth-order valence-corrected chi connectivity index (χ4v) is 6.53. The molecule has 0 saturated heterocycles. The Morgan fingerprint density at radius 1 is 0.660 bits per heavy atom. The number of hydrogen-bond donors (Lipinski definition) is 3. The van der Waals surface area contributed by atoms with Gasteiger partial charge in [-0.05, 0) is 44.9 Å². The maximum Gasteiger partial charge on any atom is 0.472 e. The Hall–Kier alpha value is -1.02. The van der Waals surface area contributed by atoms with Gasteiger partial charge in [0.05, 0.1) is 39.9 Å². The number of nitrogens with zero attached hydrogens (tertiary/aromatic N) is 1. The molecule has 3 N–H and O–H groups in total.